The third-order valence-electron chi connectivity index (χ3n) is 3.53. The van der Waals surface area contributed by atoms with Crippen LogP contribution >= 0.6 is 7.92 Å². The van der Waals surface area contributed by atoms with Crippen LogP contribution in [0.2, 0.25) is 0 Å². The van der Waals surface area contributed by atoms with Gasteiger partial charge in [0.05, 0.1) is 0 Å². The van der Waals surface area contributed by atoms with Gasteiger partial charge in [-0.2, -0.15) is 11.6 Å². The first kappa shape index (κ1) is 20.3. The summed E-state index contributed by atoms with van der Waals surface area (Å²) in [6, 6.07) is 17.6. The summed E-state index contributed by atoms with van der Waals surface area (Å²) in [5.41, 5.74) is 2.75. The van der Waals surface area contributed by atoms with Crippen molar-refractivity contribution in [1.29, 1.82) is 0 Å². The molecule has 0 aliphatic heterocycles. The first-order valence-corrected chi connectivity index (χ1v) is 9.34. The predicted octanol–water partition coefficient (Wildman–Crippen LogP) is -0.114. The Morgan fingerprint density at radius 2 is 1.43 bits per heavy atom. The van der Waals surface area contributed by atoms with Crippen LogP contribution in [0.15, 0.2) is 48.5 Å². The van der Waals surface area contributed by atoms with Gasteiger partial charge in [0.1, 0.15) is 0 Å². The molecule has 0 aromatic heterocycles. The molecule has 2 aromatic rings. The summed E-state index contributed by atoms with van der Waals surface area (Å²) in [6.45, 7) is 5.57. The topological polar surface area (TPSA) is 6.48 Å². The van der Waals surface area contributed by atoms with E-state index >= 15 is 0 Å². The molecule has 2 rings (SSSR count). The van der Waals surface area contributed by atoms with Crippen LogP contribution in [0, 0.1) is 6.54 Å². The van der Waals surface area contributed by atoms with Gasteiger partial charge in [-0.25, -0.2) is 0 Å². The van der Waals surface area contributed by atoms with Gasteiger partial charge < -0.3 is 9.80 Å². The zero-order chi connectivity index (χ0) is 16.1. The molecule has 0 aliphatic rings. The monoisotopic (exact) mass is 320 g/mol. The molecule has 0 saturated heterocycles. The second kappa shape index (κ2) is 9.53. The molecule has 0 aliphatic carbocycles. The maximum Gasteiger partial charge on any atom is 1.00 e. The van der Waals surface area contributed by atoms with Crippen LogP contribution in [-0.4, -0.2) is 44.7 Å². The van der Waals surface area contributed by atoms with Crippen LogP contribution < -0.4 is 29.5 Å². The first-order chi connectivity index (χ1) is 10.5. The van der Waals surface area contributed by atoms with Crippen LogP contribution in [0.5, 0.6) is 0 Å². The SMILES string of the molecule is CN(C)[CH-]c1ccccc1P(C)c1ccccc1CN(C)C.[Li+]. The second-order valence-corrected chi connectivity index (χ2v) is 8.16. The smallest absolute Gasteiger partial charge is 0.339 e. The number of benzene rings is 2. The Labute approximate surface area is 154 Å². The van der Waals surface area contributed by atoms with E-state index in [9.17, 15) is 0 Å². The Hall–Kier alpha value is -0.743. The summed E-state index contributed by atoms with van der Waals surface area (Å²) < 4.78 is 0. The van der Waals surface area contributed by atoms with Crippen molar-refractivity contribution in [3.63, 3.8) is 0 Å². The van der Waals surface area contributed by atoms with Crippen molar-refractivity contribution in [2.24, 2.45) is 0 Å². The minimum absolute atomic E-state index is 0. The van der Waals surface area contributed by atoms with Gasteiger partial charge in [-0.05, 0) is 45.7 Å². The summed E-state index contributed by atoms with van der Waals surface area (Å²) >= 11 is 0. The van der Waals surface area contributed by atoms with Crippen LogP contribution in [0.1, 0.15) is 11.1 Å². The van der Waals surface area contributed by atoms with E-state index in [4.69, 9.17) is 0 Å². The summed E-state index contributed by atoms with van der Waals surface area (Å²) in [5.74, 6) is 0. The predicted molar refractivity (Wildman–Crippen MR) is 99.5 cm³/mol. The number of hydrogen-bond acceptors (Lipinski definition) is 2. The molecular formula is C19H26LiN2P. The molecule has 2 nitrogen and oxygen atoms in total. The summed E-state index contributed by atoms with van der Waals surface area (Å²) in [7, 11) is 8.05. The van der Waals surface area contributed by atoms with E-state index in [1.165, 1.54) is 21.7 Å². The summed E-state index contributed by atoms with van der Waals surface area (Å²) in [5, 5.41) is 2.92. The van der Waals surface area contributed by atoms with Crippen molar-refractivity contribution in [3.8, 4) is 0 Å². The van der Waals surface area contributed by atoms with E-state index in [-0.39, 0.29) is 26.8 Å². The Kier molecular flexibility index (Phi) is 8.41. The molecule has 0 bridgehead atoms. The number of hydrogen-bond donors (Lipinski definition) is 0. The average molecular weight is 320 g/mol. The van der Waals surface area contributed by atoms with E-state index in [1.54, 1.807) is 0 Å². The van der Waals surface area contributed by atoms with E-state index in [2.05, 4.69) is 99.7 Å². The van der Waals surface area contributed by atoms with Gasteiger partial charge in [0.2, 0.25) is 0 Å². The molecule has 0 N–H and O–H groups in total. The molecule has 1 unspecified atom stereocenters. The van der Waals surface area contributed by atoms with E-state index in [0.717, 1.165) is 6.54 Å². The van der Waals surface area contributed by atoms with Gasteiger partial charge in [0.15, 0.2) is 0 Å². The zero-order valence-corrected chi connectivity index (χ0v) is 16.1. The van der Waals surface area contributed by atoms with E-state index < -0.39 is 0 Å². The van der Waals surface area contributed by atoms with Crippen LogP contribution in [0.3, 0.4) is 0 Å². The largest absolute Gasteiger partial charge is 1.00 e. The van der Waals surface area contributed by atoms with Crippen molar-refractivity contribution in [2.75, 3.05) is 34.9 Å². The van der Waals surface area contributed by atoms with E-state index in [1.807, 2.05) is 0 Å². The second-order valence-electron chi connectivity index (χ2n) is 6.08. The Bertz CT molecular complexity index is 560. The van der Waals surface area contributed by atoms with E-state index in [0.29, 0.717) is 0 Å². The van der Waals surface area contributed by atoms with Crippen LogP contribution in [0.4, 0.5) is 0 Å². The van der Waals surface area contributed by atoms with Crippen molar-refractivity contribution in [3.05, 3.63) is 66.2 Å². The number of nitrogens with zero attached hydrogens (tertiary/aromatic N) is 2. The maximum atomic E-state index is 2.37. The van der Waals surface area contributed by atoms with Crippen molar-refractivity contribution in [2.45, 2.75) is 6.54 Å². The first-order valence-electron chi connectivity index (χ1n) is 7.55. The van der Waals surface area contributed by atoms with Crippen LogP contribution in [0.25, 0.3) is 0 Å². The molecule has 4 heteroatoms. The number of rotatable bonds is 6. The standard InChI is InChI=1S/C19H26N2P.Li/c1-20(2)14-16-10-6-8-12-18(16)22(5)19-13-9-7-11-17(19)15-21(3)4;/h6-14H,15H2,1-5H3;/q-1;+1. The van der Waals surface area contributed by atoms with Crippen LogP contribution in [-0.2, 0) is 6.54 Å². The Morgan fingerprint density at radius 3 is 2.04 bits per heavy atom. The van der Waals surface area contributed by atoms with Crippen molar-refractivity contribution < 1.29 is 18.9 Å². The fraction of sp³-hybridized carbons (Fsp3) is 0.316. The minimum atomic E-state index is -0.358. The fourth-order valence-electron chi connectivity index (χ4n) is 2.62. The minimum Gasteiger partial charge on any atom is -0.339 e. The van der Waals surface area contributed by atoms with Crippen molar-refractivity contribution in [1.82, 2.24) is 9.80 Å². The molecule has 0 heterocycles. The quantitative estimate of drug-likeness (QED) is 0.416. The van der Waals surface area contributed by atoms with Gasteiger partial charge >= 0.3 is 18.9 Å². The molecule has 23 heavy (non-hydrogen) atoms. The van der Waals surface area contributed by atoms with Gasteiger partial charge in [0, 0.05) is 6.54 Å². The maximum absolute atomic E-state index is 2.37. The fourth-order valence-corrected chi connectivity index (χ4v) is 4.60. The average Bonchev–Trinajstić information content (AvgIpc) is 2.46. The summed E-state index contributed by atoms with van der Waals surface area (Å²) in [6.07, 6.45) is 0. The van der Waals surface area contributed by atoms with Gasteiger partial charge in [-0.15, -0.1) is 31.9 Å². The summed E-state index contributed by atoms with van der Waals surface area (Å²) in [4.78, 5) is 4.35. The Morgan fingerprint density at radius 1 is 0.870 bits per heavy atom. The molecule has 2 aromatic carbocycles. The molecule has 118 valence electrons. The molecule has 0 spiro atoms. The Balaban J connectivity index is 0.00000264. The van der Waals surface area contributed by atoms with Gasteiger partial charge in [-0.3, -0.25) is 0 Å². The molecule has 1 atom stereocenters. The zero-order valence-electron chi connectivity index (χ0n) is 15.2. The third kappa shape index (κ3) is 5.68. The molecular weight excluding hydrogens is 294 g/mol. The molecule has 0 radical (unpaired) electrons. The molecule has 0 saturated carbocycles. The van der Waals surface area contributed by atoms with Gasteiger partial charge in [0.25, 0.3) is 0 Å². The third-order valence-corrected chi connectivity index (χ3v) is 5.82. The molecule has 0 amide bonds. The normalized spacial score (nSPS) is 12.1. The molecule has 0 fully saturated rings. The van der Waals surface area contributed by atoms with Gasteiger partial charge in [-0.1, -0.05) is 30.3 Å². The van der Waals surface area contributed by atoms with Crippen molar-refractivity contribution >= 4 is 18.5 Å².